The van der Waals surface area contributed by atoms with Crippen LogP contribution in [0.5, 0.6) is 0 Å². The Morgan fingerprint density at radius 2 is 2.47 bits per heavy atom. The van der Waals surface area contributed by atoms with Gasteiger partial charge in [-0.3, -0.25) is 0 Å². The average molecular weight is 245 g/mol. The quantitative estimate of drug-likeness (QED) is 0.898. The molecule has 0 amide bonds. The summed E-state index contributed by atoms with van der Waals surface area (Å²) in [6, 6.07) is 5.97. The molecule has 0 saturated heterocycles. The minimum atomic E-state index is 0.290. The van der Waals surface area contributed by atoms with Gasteiger partial charge in [0.2, 0.25) is 17.5 Å². The summed E-state index contributed by atoms with van der Waals surface area (Å²) in [5.74, 6) is 0.867. The zero-order valence-corrected chi connectivity index (χ0v) is 10.1. The molecular weight excluding hydrogens is 234 g/mol. The Morgan fingerprint density at radius 1 is 1.59 bits per heavy atom. The van der Waals surface area contributed by atoms with Gasteiger partial charge in [-0.1, -0.05) is 6.07 Å². The fourth-order valence-electron chi connectivity index (χ4n) is 1.30. The Kier molecular flexibility index (Phi) is 3.58. The van der Waals surface area contributed by atoms with E-state index in [1.54, 1.807) is 17.4 Å². The number of aromatic nitrogens is 1. The number of nitrogens with one attached hydrogen (secondary N) is 1. The first-order chi connectivity index (χ1) is 8.33. The monoisotopic (exact) mass is 245 g/mol. The Hall–Kier alpha value is -2.06. The van der Waals surface area contributed by atoms with Gasteiger partial charge in [-0.05, 0) is 24.4 Å². The lowest BCUT2D eigenvalue weighted by molar-refractivity contribution is 0.559. The van der Waals surface area contributed by atoms with Gasteiger partial charge in [0.05, 0.1) is 0 Å². The molecule has 0 aliphatic carbocycles. The van der Waals surface area contributed by atoms with E-state index in [2.05, 4.69) is 10.3 Å². The van der Waals surface area contributed by atoms with Gasteiger partial charge in [0.1, 0.15) is 6.07 Å². The zero-order chi connectivity index (χ0) is 12.1. The molecule has 0 aromatic carbocycles. The summed E-state index contributed by atoms with van der Waals surface area (Å²) in [7, 11) is 0. The van der Waals surface area contributed by atoms with Crippen molar-refractivity contribution in [1.82, 2.24) is 4.98 Å². The van der Waals surface area contributed by atoms with Crippen LogP contribution in [0, 0.1) is 11.3 Å². The molecule has 86 valence electrons. The lowest BCUT2D eigenvalue weighted by atomic mass is 10.4. The van der Waals surface area contributed by atoms with Crippen LogP contribution in [0.2, 0.25) is 0 Å². The number of hydrogen-bond acceptors (Lipinski definition) is 5. The molecule has 0 aliphatic heterocycles. The topological polar surface area (TPSA) is 61.9 Å². The molecular formula is C12H11N3OS. The van der Waals surface area contributed by atoms with Gasteiger partial charge in [-0.25, -0.2) is 0 Å². The van der Waals surface area contributed by atoms with Gasteiger partial charge in [-0.2, -0.15) is 10.2 Å². The van der Waals surface area contributed by atoms with Gasteiger partial charge >= 0.3 is 0 Å². The first-order valence-electron chi connectivity index (χ1n) is 5.20. The molecule has 4 nitrogen and oxygen atoms in total. The molecule has 5 heteroatoms. The molecule has 0 fully saturated rings. The summed E-state index contributed by atoms with van der Waals surface area (Å²) in [5.41, 5.74) is 0.290. The van der Waals surface area contributed by atoms with Crippen LogP contribution in [0.4, 0.5) is 5.88 Å². The summed E-state index contributed by atoms with van der Waals surface area (Å²) in [5, 5.41) is 13.8. The summed E-state index contributed by atoms with van der Waals surface area (Å²) in [4.78, 5) is 5.19. The molecule has 2 aromatic heterocycles. The largest absolute Gasteiger partial charge is 0.420 e. The molecule has 0 aliphatic rings. The molecule has 0 saturated carbocycles. The van der Waals surface area contributed by atoms with Crippen LogP contribution >= 0.6 is 11.3 Å². The van der Waals surface area contributed by atoms with Gasteiger partial charge in [-0.15, -0.1) is 11.3 Å². The third-order valence-electron chi connectivity index (χ3n) is 2.02. The average Bonchev–Trinajstić information content (AvgIpc) is 2.95. The normalized spacial score (nSPS) is 10.6. The first-order valence-corrected chi connectivity index (χ1v) is 6.08. The number of rotatable bonds is 4. The van der Waals surface area contributed by atoms with Crippen LogP contribution in [0.3, 0.4) is 0 Å². The highest BCUT2D eigenvalue weighted by Gasteiger charge is 2.09. The third-order valence-corrected chi connectivity index (χ3v) is 2.86. The van der Waals surface area contributed by atoms with Crippen molar-refractivity contribution in [3.05, 3.63) is 34.0 Å². The second-order valence-electron chi connectivity index (χ2n) is 3.22. The second-order valence-corrected chi connectivity index (χ2v) is 4.20. The summed E-state index contributed by atoms with van der Waals surface area (Å²) in [6.45, 7) is 2.63. The van der Waals surface area contributed by atoms with Crippen LogP contribution in [0.25, 0.3) is 12.2 Å². The van der Waals surface area contributed by atoms with E-state index in [4.69, 9.17) is 9.68 Å². The number of nitrogens with zero attached hydrogens (tertiary/aromatic N) is 2. The molecule has 2 aromatic rings. The van der Waals surface area contributed by atoms with Gasteiger partial charge < -0.3 is 9.73 Å². The van der Waals surface area contributed by atoms with Crippen molar-refractivity contribution in [2.24, 2.45) is 0 Å². The molecule has 2 rings (SSSR count). The van der Waals surface area contributed by atoms with Crippen molar-refractivity contribution in [1.29, 1.82) is 5.26 Å². The number of nitriles is 1. The maximum absolute atomic E-state index is 8.88. The standard InChI is InChI=1S/C12H11N3OS/c1-2-14-12-10(8-13)15-11(16-12)6-5-9-4-3-7-17-9/h3-7,14H,2H2,1H3. The highest BCUT2D eigenvalue weighted by atomic mass is 32.1. The summed E-state index contributed by atoms with van der Waals surface area (Å²) >= 11 is 1.63. The van der Waals surface area contributed by atoms with Crippen molar-refractivity contribution in [3.8, 4) is 6.07 Å². The fourth-order valence-corrected chi connectivity index (χ4v) is 1.92. The van der Waals surface area contributed by atoms with Crippen LogP contribution < -0.4 is 5.32 Å². The lowest BCUT2D eigenvalue weighted by Crippen LogP contribution is -1.96. The lowest BCUT2D eigenvalue weighted by Gasteiger charge is -1.94. The van der Waals surface area contributed by atoms with Crippen LogP contribution in [0.1, 0.15) is 23.4 Å². The Bertz CT molecular complexity index is 549. The van der Waals surface area contributed by atoms with Crippen molar-refractivity contribution in [2.45, 2.75) is 6.92 Å². The predicted octanol–water partition coefficient (Wildman–Crippen LogP) is 3.21. The van der Waals surface area contributed by atoms with Crippen LogP contribution in [-0.2, 0) is 0 Å². The van der Waals surface area contributed by atoms with Crippen molar-refractivity contribution >= 4 is 29.4 Å². The predicted molar refractivity (Wildman–Crippen MR) is 68.6 cm³/mol. The smallest absolute Gasteiger partial charge is 0.232 e. The van der Waals surface area contributed by atoms with Crippen LogP contribution in [-0.4, -0.2) is 11.5 Å². The van der Waals surface area contributed by atoms with Crippen LogP contribution in [0.15, 0.2) is 21.9 Å². The first kappa shape index (κ1) is 11.4. The van der Waals surface area contributed by atoms with E-state index in [1.807, 2.05) is 36.6 Å². The molecule has 0 atom stereocenters. The summed E-state index contributed by atoms with van der Waals surface area (Å²) in [6.07, 6.45) is 3.67. The van der Waals surface area contributed by atoms with Gasteiger partial charge in [0.25, 0.3) is 0 Å². The van der Waals surface area contributed by atoms with E-state index in [9.17, 15) is 0 Å². The molecule has 1 N–H and O–H groups in total. The number of hydrogen-bond donors (Lipinski definition) is 1. The molecule has 2 heterocycles. The Balaban J connectivity index is 2.20. The zero-order valence-electron chi connectivity index (χ0n) is 9.30. The summed E-state index contributed by atoms with van der Waals surface area (Å²) < 4.78 is 5.42. The SMILES string of the molecule is CCNc1oc(C=Cc2cccs2)nc1C#N. The molecule has 0 unspecified atom stereocenters. The molecule has 17 heavy (non-hydrogen) atoms. The van der Waals surface area contributed by atoms with E-state index in [0.717, 1.165) is 4.88 Å². The minimum absolute atomic E-state index is 0.290. The van der Waals surface area contributed by atoms with Crippen molar-refractivity contribution in [3.63, 3.8) is 0 Å². The minimum Gasteiger partial charge on any atom is -0.420 e. The highest BCUT2D eigenvalue weighted by Crippen LogP contribution is 2.19. The fraction of sp³-hybridized carbons (Fsp3) is 0.167. The molecule has 0 bridgehead atoms. The van der Waals surface area contributed by atoms with Crippen molar-refractivity contribution in [2.75, 3.05) is 11.9 Å². The highest BCUT2D eigenvalue weighted by molar-refractivity contribution is 7.10. The van der Waals surface area contributed by atoms with E-state index < -0.39 is 0 Å². The van der Waals surface area contributed by atoms with Crippen molar-refractivity contribution < 1.29 is 4.42 Å². The van der Waals surface area contributed by atoms with E-state index in [0.29, 0.717) is 18.3 Å². The van der Waals surface area contributed by atoms with E-state index >= 15 is 0 Å². The maximum Gasteiger partial charge on any atom is 0.232 e. The van der Waals surface area contributed by atoms with E-state index in [1.165, 1.54) is 0 Å². The molecule has 0 spiro atoms. The van der Waals surface area contributed by atoms with E-state index in [-0.39, 0.29) is 5.69 Å². The Labute approximate surface area is 103 Å². The Morgan fingerprint density at radius 3 is 3.12 bits per heavy atom. The number of thiophene rings is 1. The van der Waals surface area contributed by atoms with Gasteiger partial charge in [0.15, 0.2) is 0 Å². The third kappa shape index (κ3) is 2.74. The second kappa shape index (κ2) is 5.32. The molecule has 0 radical (unpaired) electrons. The maximum atomic E-state index is 8.88. The number of oxazole rings is 1. The van der Waals surface area contributed by atoms with Gasteiger partial charge in [0, 0.05) is 17.5 Å². The number of anilines is 1.